The topological polar surface area (TPSA) is 82.6 Å². The number of hydrazone groups is 1. The molecule has 0 aromatic heterocycles. The Morgan fingerprint density at radius 3 is 2.14 bits per heavy atom. The minimum absolute atomic E-state index is 0.535. The lowest BCUT2D eigenvalue weighted by Gasteiger charge is -2.10. The van der Waals surface area contributed by atoms with Gasteiger partial charge in [0, 0.05) is 27.1 Å². The Labute approximate surface area is 170 Å². The molecule has 0 fully saturated rings. The van der Waals surface area contributed by atoms with E-state index in [2.05, 4.69) is 37.1 Å². The quantitative estimate of drug-likeness (QED) is 0.317. The second-order valence-corrected chi connectivity index (χ2v) is 6.66. The van der Waals surface area contributed by atoms with E-state index in [1.54, 1.807) is 24.3 Å². The first-order valence-electron chi connectivity index (χ1n) is 8.43. The van der Waals surface area contributed by atoms with Gasteiger partial charge in [0.05, 0.1) is 6.21 Å². The van der Waals surface area contributed by atoms with E-state index < -0.39 is 11.8 Å². The van der Waals surface area contributed by atoms with Crippen LogP contribution in [0.4, 0.5) is 17.1 Å². The maximum Gasteiger partial charge on any atom is 0.329 e. The standard InChI is InChI=1S/C21H17BrN4O2/c22-16-11-12-19(24-17-7-3-1-4-8-17)15(13-16)14-23-26-21(28)20(27)25-18-9-5-2-6-10-18/h1-14,24H,(H,25,27)(H,26,28)/b23-14-. The molecule has 0 heterocycles. The molecule has 6 nitrogen and oxygen atoms in total. The summed E-state index contributed by atoms with van der Waals surface area (Å²) in [6.45, 7) is 0. The van der Waals surface area contributed by atoms with E-state index in [0.717, 1.165) is 21.4 Å². The number of nitrogens with zero attached hydrogens (tertiary/aromatic N) is 1. The van der Waals surface area contributed by atoms with Crippen LogP contribution in [0.5, 0.6) is 0 Å². The molecule has 3 aromatic rings. The zero-order valence-corrected chi connectivity index (χ0v) is 16.3. The Hall–Kier alpha value is -3.45. The average molecular weight is 437 g/mol. The third-order valence-corrected chi connectivity index (χ3v) is 4.17. The van der Waals surface area contributed by atoms with Crippen molar-refractivity contribution < 1.29 is 9.59 Å². The van der Waals surface area contributed by atoms with Gasteiger partial charge >= 0.3 is 11.8 Å². The molecule has 28 heavy (non-hydrogen) atoms. The number of hydrogen-bond donors (Lipinski definition) is 3. The number of amides is 2. The number of carbonyl (C=O) groups is 2. The molecular formula is C21H17BrN4O2. The smallest absolute Gasteiger partial charge is 0.329 e. The van der Waals surface area contributed by atoms with Crippen molar-refractivity contribution in [1.29, 1.82) is 0 Å². The first kappa shape index (κ1) is 19.3. The van der Waals surface area contributed by atoms with Crippen LogP contribution in [-0.4, -0.2) is 18.0 Å². The van der Waals surface area contributed by atoms with Crippen molar-refractivity contribution in [3.8, 4) is 0 Å². The number of halogens is 1. The third kappa shape index (κ3) is 5.52. The van der Waals surface area contributed by atoms with Crippen LogP contribution in [0.15, 0.2) is 88.4 Å². The first-order chi connectivity index (χ1) is 13.6. The van der Waals surface area contributed by atoms with Gasteiger partial charge in [-0.1, -0.05) is 52.3 Å². The van der Waals surface area contributed by atoms with Crippen molar-refractivity contribution in [2.75, 3.05) is 10.6 Å². The van der Waals surface area contributed by atoms with E-state index in [9.17, 15) is 9.59 Å². The fraction of sp³-hybridized carbons (Fsp3) is 0. The van der Waals surface area contributed by atoms with Gasteiger partial charge in [0.15, 0.2) is 0 Å². The predicted molar refractivity (Wildman–Crippen MR) is 115 cm³/mol. The Kier molecular flexibility index (Phi) is 6.54. The highest BCUT2D eigenvalue weighted by atomic mass is 79.9. The van der Waals surface area contributed by atoms with Crippen LogP contribution in [0.25, 0.3) is 0 Å². The molecule has 0 atom stereocenters. The molecule has 2 amide bonds. The van der Waals surface area contributed by atoms with E-state index in [-0.39, 0.29) is 0 Å². The molecule has 3 aromatic carbocycles. The molecule has 0 radical (unpaired) electrons. The van der Waals surface area contributed by atoms with Gasteiger partial charge in [-0.05, 0) is 42.5 Å². The van der Waals surface area contributed by atoms with Crippen LogP contribution in [0.3, 0.4) is 0 Å². The summed E-state index contributed by atoms with van der Waals surface area (Å²) in [7, 11) is 0. The van der Waals surface area contributed by atoms with Crippen molar-refractivity contribution in [3.05, 3.63) is 88.9 Å². The van der Waals surface area contributed by atoms with Crippen LogP contribution in [0, 0.1) is 0 Å². The van der Waals surface area contributed by atoms with Crippen molar-refractivity contribution in [2.24, 2.45) is 5.10 Å². The molecule has 3 N–H and O–H groups in total. The number of anilines is 3. The molecule has 0 aliphatic rings. The number of para-hydroxylation sites is 2. The minimum Gasteiger partial charge on any atom is -0.355 e. The molecule has 0 aliphatic heterocycles. The lowest BCUT2D eigenvalue weighted by molar-refractivity contribution is -0.136. The first-order valence-corrected chi connectivity index (χ1v) is 9.22. The second-order valence-electron chi connectivity index (χ2n) is 5.74. The van der Waals surface area contributed by atoms with Crippen LogP contribution in [-0.2, 0) is 9.59 Å². The molecule has 0 aliphatic carbocycles. The zero-order chi connectivity index (χ0) is 19.8. The van der Waals surface area contributed by atoms with E-state index in [1.807, 2.05) is 54.6 Å². The summed E-state index contributed by atoms with van der Waals surface area (Å²) in [5, 5.41) is 9.69. The summed E-state index contributed by atoms with van der Waals surface area (Å²) in [6.07, 6.45) is 1.48. The zero-order valence-electron chi connectivity index (χ0n) is 14.7. The van der Waals surface area contributed by atoms with Crippen molar-refractivity contribution >= 4 is 51.0 Å². The summed E-state index contributed by atoms with van der Waals surface area (Å²) in [6, 6.07) is 24.1. The van der Waals surface area contributed by atoms with Gasteiger partial charge in [-0.2, -0.15) is 5.10 Å². The van der Waals surface area contributed by atoms with E-state index >= 15 is 0 Å². The number of rotatable bonds is 5. The normalized spacial score (nSPS) is 10.5. The maximum absolute atomic E-state index is 11.9. The average Bonchev–Trinajstić information content (AvgIpc) is 2.71. The third-order valence-electron chi connectivity index (χ3n) is 3.67. The van der Waals surface area contributed by atoms with Crippen LogP contribution in [0.1, 0.15) is 5.56 Å². The lowest BCUT2D eigenvalue weighted by atomic mass is 10.2. The van der Waals surface area contributed by atoms with E-state index in [1.165, 1.54) is 6.21 Å². The van der Waals surface area contributed by atoms with E-state index in [4.69, 9.17) is 0 Å². The van der Waals surface area contributed by atoms with Gasteiger partial charge in [-0.15, -0.1) is 0 Å². The van der Waals surface area contributed by atoms with Crippen molar-refractivity contribution in [1.82, 2.24) is 5.43 Å². The Morgan fingerprint density at radius 2 is 1.46 bits per heavy atom. The summed E-state index contributed by atoms with van der Waals surface area (Å²) in [5.74, 6) is -1.65. The van der Waals surface area contributed by atoms with Crippen molar-refractivity contribution in [2.45, 2.75) is 0 Å². The minimum atomic E-state index is -0.854. The van der Waals surface area contributed by atoms with Crippen LogP contribution < -0.4 is 16.1 Å². The fourth-order valence-electron chi connectivity index (χ4n) is 2.35. The number of carbonyl (C=O) groups excluding carboxylic acids is 2. The van der Waals surface area contributed by atoms with Gasteiger partial charge in [0.2, 0.25) is 0 Å². The number of benzene rings is 3. The fourth-order valence-corrected chi connectivity index (χ4v) is 2.73. The Morgan fingerprint density at radius 1 is 0.821 bits per heavy atom. The van der Waals surface area contributed by atoms with Gasteiger partial charge in [0.1, 0.15) is 0 Å². The maximum atomic E-state index is 11.9. The molecule has 0 spiro atoms. The summed E-state index contributed by atoms with van der Waals surface area (Å²) >= 11 is 3.42. The molecule has 140 valence electrons. The predicted octanol–water partition coefficient (Wildman–Crippen LogP) is 4.28. The van der Waals surface area contributed by atoms with Crippen LogP contribution in [0.2, 0.25) is 0 Å². The van der Waals surface area contributed by atoms with Gasteiger partial charge in [-0.3, -0.25) is 9.59 Å². The largest absolute Gasteiger partial charge is 0.355 e. The van der Waals surface area contributed by atoms with E-state index in [0.29, 0.717) is 5.69 Å². The van der Waals surface area contributed by atoms with Gasteiger partial charge < -0.3 is 10.6 Å². The van der Waals surface area contributed by atoms with Gasteiger partial charge in [0.25, 0.3) is 0 Å². The molecule has 3 rings (SSSR count). The SMILES string of the molecule is O=C(N/N=C\c1cc(Br)ccc1Nc1ccccc1)C(=O)Nc1ccccc1. The van der Waals surface area contributed by atoms with Crippen molar-refractivity contribution in [3.63, 3.8) is 0 Å². The molecular weight excluding hydrogens is 420 g/mol. The molecule has 0 saturated heterocycles. The highest BCUT2D eigenvalue weighted by Crippen LogP contribution is 2.23. The molecule has 0 bridgehead atoms. The second kappa shape index (κ2) is 9.48. The van der Waals surface area contributed by atoms with Gasteiger partial charge in [-0.25, -0.2) is 5.43 Å². The Bertz CT molecular complexity index is 992. The summed E-state index contributed by atoms with van der Waals surface area (Å²) < 4.78 is 0.862. The molecule has 7 heteroatoms. The Balaban J connectivity index is 1.65. The molecule has 0 unspecified atom stereocenters. The number of hydrogen-bond acceptors (Lipinski definition) is 4. The monoisotopic (exact) mass is 436 g/mol. The van der Waals surface area contributed by atoms with Crippen LogP contribution >= 0.6 is 15.9 Å². The summed E-state index contributed by atoms with van der Waals surface area (Å²) in [5.41, 5.74) is 5.24. The number of nitrogens with one attached hydrogen (secondary N) is 3. The lowest BCUT2D eigenvalue weighted by Crippen LogP contribution is -2.32. The summed E-state index contributed by atoms with van der Waals surface area (Å²) in [4.78, 5) is 23.8. The highest BCUT2D eigenvalue weighted by molar-refractivity contribution is 9.10. The highest BCUT2D eigenvalue weighted by Gasteiger charge is 2.12. The molecule has 0 saturated carbocycles.